The van der Waals surface area contributed by atoms with Crippen molar-refractivity contribution in [2.75, 3.05) is 27.9 Å². The molecule has 0 aromatic heterocycles. The van der Waals surface area contributed by atoms with Crippen LogP contribution in [-0.4, -0.2) is 44.7 Å². The topological polar surface area (TPSA) is 84.7 Å². The molecule has 0 fully saturated rings. The zero-order chi connectivity index (χ0) is 23.2. The summed E-state index contributed by atoms with van der Waals surface area (Å²) >= 11 is 0. The van der Waals surface area contributed by atoms with E-state index in [4.69, 9.17) is 24.2 Å². The number of ether oxygens (including phenoxy) is 3. The SMILES string of the molecule is COc1cc(C2=NC(c3ccccc3)=NC/C=C(/c3ccccc3O)N2)cc(OC)c1OC. The molecule has 0 radical (unpaired) electrons. The molecule has 0 atom stereocenters. The maximum Gasteiger partial charge on any atom is 0.203 e. The van der Waals surface area contributed by atoms with Crippen LogP contribution in [-0.2, 0) is 0 Å². The number of hydrogen-bond donors (Lipinski definition) is 2. The molecule has 0 amide bonds. The Labute approximate surface area is 192 Å². The summed E-state index contributed by atoms with van der Waals surface area (Å²) in [6.07, 6.45) is 1.92. The summed E-state index contributed by atoms with van der Waals surface area (Å²) in [5.41, 5.74) is 2.94. The van der Waals surface area contributed by atoms with E-state index in [9.17, 15) is 5.11 Å². The van der Waals surface area contributed by atoms with Crippen molar-refractivity contribution in [3.63, 3.8) is 0 Å². The van der Waals surface area contributed by atoms with Crippen LogP contribution >= 0.6 is 0 Å². The fourth-order valence-corrected chi connectivity index (χ4v) is 3.55. The first kappa shape index (κ1) is 22.0. The van der Waals surface area contributed by atoms with Crippen molar-refractivity contribution in [2.45, 2.75) is 0 Å². The molecule has 7 heteroatoms. The fraction of sp³-hybridized carbons (Fsp3) is 0.154. The summed E-state index contributed by atoms with van der Waals surface area (Å²) < 4.78 is 16.5. The summed E-state index contributed by atoms with van der Waals surface area (Å²) in [5.74, 6) is 2.76. The smallest absolute Gasteiger partial charge is 0.203 e. The van der Waals surface area contributed by atoms with Gasteiger partial charge in [0.15, 0.2) is 17.3 Å². The summed E-state index contributed by atoms with van der Waals surface area (Å²) in [5, 5.41) is 13.8. The van der Waals surface area contributed by atoms with Gasteiger partial charge in [-0.3, -0.25) is 4.99 Å². The Hall–Kier alpha value is -4.26. The van der Waals surface area contributed by atoms with E-state index in [0.717, 1.165) is 5.56 Å². The van der Waals surface area contributed by atoms with E-state index >= 15 is 0 Å². The molecular weight excluding hydrogens is 418 g/mol. The van der Waals surface area contributed by atoms with Gasteiger partial charge in [0.2, 0.25) is 5.75 Å². The zero-order valence-corrected chi connectivity index (χ0v) is 18.7. The number of methoxy groups -OCH3 is 3. The van der Waals surface area contributed by atoms with Crippen LogP contribution in [0.25, 0.3) is 5.70 Å². The van der Waals surface area contributed by atoms with Gasteiger partial charge in [0.25, 0.3) is 0 Å². The van der Waals surface area contributed by atoms with E-state index in [1.165, 1.54) is 0 Å². The molecule has 2 N–H and O–H groups in total. The Bertz CT molecular complexity index is 1210. The molecule has 1 aliphatic heterocycles. The molecule has 0 saturated heterocycles. The van der Waals surface area contributed by atoms with Crippen LogP contribution in [0.3, 0.4) is 0 Å². The minimum Gasteiger partial charge on any atom is -0.507 e. The number of aliphatic imine (C=N–C) groups is 2. The maximum absolute atomic E-state index is 10.4. The Balaban J connectivity index is 1.88. The van der Waals surface area contributed by atoms with Gasteiger partial charge in [-0.05, 0) is 30.3 Å². The third kappa shape index (κ3) is 4.67. The lowest BCUT2D eigenvalue weighted by atomic mass is 10.1. The molecular formula is C26H25N3O4. The van der Waals surface area contributed by atoms with Crippen molar-refractivity contribution >= 4 is 17.4 Å². The number of rotatable bonds is 6. The van der Waals surface area contributed by atoms with Gasteiger partial charge in [0, 0.05) is 22.4 Å². The number of phenols is 1. The predicted molar refractivity (Wildman–Crippen MR) is 130 cm³/mol. The van der Waals surface area contributed by atoms with Gasteiger partial charge in [-0.25, -0.2) is 4.99 Å². The van der Waals surface area contributed by atoms with Crippen LogP contribution in [0.2, 0.25) is 0 Å². The van der Waals surface area contributed by atoms with Crippen molar-refractivity contribution < 1.29 is 19.3 Å². The largest absolute Gasteiger partial charge is 0.507 e. The first-order valence-electron chi connectivity index (χ1n) is 10.4. The van der Waals surface area contributed by atoms with E-state index < -0.39 is 0 Å². The Morgan fingerprint density at radius 1 is 0.818 bits per heavy atom. The van der Waals surface area contributed by atoms with Crippen molar-refractivity contribution in [3.8, 4) is 23.0 Å². The second-order valence-corrected chi connectivity index (χ2v) is 7.16. The van der Waals surface area contributed by atoms with Gasteiger partial charge in [0.1, 0.15) is 11.6 Å². The summed E-state index contributed by atoms with van der Waals surface area (Å²) in [7, 11) is 4.70. The van der Waals surface area contributed by atoms with Crippen LogP contribution in [0.4, 0.5) is 0 Å². The minimum absolute atomic E-state index is 0.160. The number of amidine groups is 2. The molecule has 7 nitrogen and oxygen atoms in total. The molecule has 0 bridgehead atoms. The molecule has 1 aliphatic rings. The fourth-order valence-electron chi connectivity index (χ4n) is 3.55. The Morgan fingerprint density at radius 2 is 1.48 bits per heavy atom. The number of nitrogens with one attached hydrogen (secondary N) is 1. The predicted octanol–water partition coefficient (Wildman–Crippen LogP) is 4.26. The quantitative estimate of drug-likeness (QED) is 0.595. The van der Waals surface area contributed by atoms with E-state index in [1.54, 1.807) is 33.5 Å². The second-order valence-electron chi connectivity index (χ2n) is 7.16. The molecule has 3 aromatic rings. The van der Waals surface area contributed by atoms with Crippen molar-refractivity contribution in [1.82, 2.24) is 5.32 Å². The zero-order valence-electron chi connectivity index (χ0n) is 18.7. The van der Waals surface area contributed by atoms with Crippen LogP contribution in [0.5, 0.6) is 23.0 Å². The van der Waals surface area contributed by atoms with Gasteiger partial charge in [-0.2, -0.15) is 0 Å². The van der Waals surface area contributed by atoms with Crippen LogP contribution in [0, 0.1) is 0 Å². The number of nitrogens with zero attached hydrogens (tertiary/aromatic N) is 2. The van der Waals surface area contributed by atoms with E-state index in [0.29, 0.717) is 52.3 Å². The molecule has 33 heavy (non-hydrogen) atoms. The van der Waals surface area contributed by atoms with Gasteiger partial charge in [-0.15, -0.1) is 0 Å². The van der Waals surface area contributed by atoms with Crippen molar-refractivity contribution in [2.24, 2.45) is 9.98 Å². The molecule has 0 saturated carbocycles. The van der Waals surface area contributed by atoms with Gasteiger partial charge >= 0.3 is 0 Å². The summed E-state index contributed by atoms with van der Waals surface area (Å²) in [4.78, 5) is 9.57. The molecule has 1 heterocycles. The van der Waals surface area contributed by atoms with Crippen LogP contribution < -0.4 is 19.5 Å². The lowest BCUT2D eigenvalue weighted by molar-refractivity contribution is 0.324. The molecule has 3 aromatic carbocycles. The first-order valence-corrected chi connectivity index (χ1v) is 10.4. The van der Waals surface area contributed by atoms with Gasteiger partial charge < -0.3 is 24.6 Å². The molecule has 168 valence electrons. The Morgan fingerprint density at radius 3 is 2.12 bits per heavy atom. The maximum atomic E-state index is 10.4. The number of phenolic OH excluding ortho intramolecular Hbond substituents is 1. The Kier molecular flexibility index (Phi) is 6.59. The minimum atomic E-state index is 0.160. The average Bonchev–Trinajstić information content (AvgIpc) is 2.84. The number of hydrogen-bond acceptors (Lipinski definition) is 7. The second kappa shape index (κ2) is 9.91. The molecule has 0 aliphatic carbocycles. The van der Waals surface area contributed by atoms with Gasteiger partial charge in [0.05, 0.1) is 27.9 Å². The van der Waals surface area contributed by atoms with Crippen molar-refractivity contribution in [3.05, 3.63) is 89.5 Å². The van der Waals surface area contributed by atoms with Crippen molar-refractivity contribution in [1.29, 1.82) is 0 Å². The van der Waals surface area contributed by atoms with Crippen LogP contribution in [0.15, 0.2) is 82.8 Å². The third-order valence-corrected chi connectivity index (χ3v) is 5.17. The highest BCUT2D eigenvalue weighted by Gasteiger charge is 2.19. The first-order chi connectivity index (χ1) is 16.1. The molecule has 0 unspecified atom stereocenters. The summed E-state index contributed by atoms with van der Waals surface area (Å²) in [6, 6.07) is 20.5. The van der Waals surface area contributed by atoms with E-state index in [2.05, 4.69) is 5.32 Å². The average molecular weight is 444 g/mol. The summed E-state index contributed by atoms with van der Waals surface area (Å²) in [6.45, 7) is 0.396. The highest BCUT2D eigenvalue weighted by Crippen LogP contribution is 2.38. The van der Waals surface area contributed by atoms with Gasteiger partial charge in [-0.1, -0.05) is 42.5 Å². The number of aromatic hydroxyl groups is 1. The third-order valence-electron chi connectivity index (χ3n) is 5.17. The van der Waals surface area contributed by atoms with Crippen LogP contribution in [0.1, 0.15) is 16.7 Å². The number of para-hydroxylation sites is 1. The molecule has 0 spiro atoms. The van der Waals surface area contributed by atoms with E-state index in [-0.39, 0.29) is 5.75 Å². The molecule has 4 rings (SSSR count). The highest BCUT2D eigenvalue weighted by molar-refractivity contribution is 6.14. The normalized spacial score (nSPS) is 15.1. The standard InChI is InChI=1S/C26H25N3O4/c1-31-22-15-18(16-23(32-2)24(22)33-3)26-28-20(19-11-7-8-12-21(19)30)13-14-27-25(29-26)17-9-5-4-6-10-17/h4-13,15-16,30H,14H2,1-3H3,(H,27,28,29)/b20-13-. The monoisotopic (exact) mass is 443 g/mol. The van der Waals surface area contributed by atoms with E-state index in [1.807, 2.05) is 60.7 Å². The lowest BCUT2D eigenvalue weighted by Crippen LogP contribution is -2.26. The number of benzene rings is 3. The highest BCUT2D eigenvalue weighted by atomic mass is 16.5. The lowest BCUT2D eigenvalue weighted by Gasteiger charge is -2.19.